The van der Waals surface area contributed by atoms with E-state index < -0.39 is 21.8 Å². The summed E-state index contributed by atoms with van der Waals surface area (Å²) in [6.07, 6.45) is -4.36. The summed E-state index contributed by atoms with van der Waals surface area (Å²) in [5.41, 5.74) is -0.106. The van der Waals surface area contributed by atoms with Gasteiger partial charge in [0.25, 0.3) is 0 Å². The molecule has 0 aliphatic carbocycles. The lowest BCUT2D eigenvalue weighted by atomic mass is 10.1. The molecule has 1 aliphatic heterocycles. The summed E-state index contributed by atoms with van der Waals surface area (Å²) in [7, 11) is -1.59. The van der Waals surface area contributed by atoms with E-state index in [1.165, 1.54) is 12.1 Å². The molecule has 0 spiro atoms. The fraction of sp³-hybridized carbons (Fsp3) is 0.588. The van der Waals surface area contributed by atoms with Crippen molar-refractivity contribution in [2.45, 2.75) is 13.1 Å². The Morgan fingerprint density at radius 2 is 1.83 bits per heavy atom. The highest BCUT2D eigenvalue weighted by Gasteiger charge is 2.31. The molecule has 29 heavy (non-hydrogen) atoms. The van der Waals surface area contributed by atoms with Gasteiger partial charge in [0.15, 0.2) is 5.96 Å². The van der Waals surface area contributed by atoms with E-state index in [1.54, 1.807) is 20.0 Å². The molecule has 0 radical (unpaired) electrons. The standard InChI is InChI=1S/C17H26F3N5O2S.HI/c1-3-28(26,27)23-8-7-22-16(21-2)25-11-9-24(10-12-25)15-6-4-5-14(13-15)17(18,19)20;/h4-6,13,23H,3,7-12H2,1-2H3,(H,21,22);1H. The molecule has 0 bridgehead atoms. The number of hydrogen-bond acceptors (Lipinski definition) is 4. The third-order valence-electron chi connectivity index (χ3n) is 4.44. The van der Waals surface area contributed by atoms with Crippen molar-refractivity contribution in [3.05, 3.63) is 29.8 Å². The Morgan fingerprint density at radius 1 is 1.17 bits per heavy atom. The normalized spacial score (nSPS) is 15.8. The van der Waals surface area contributed by atoms with Gasteiger partial charge in [-0.15, -0.1) is 24.0 Å². The molecule has 1 aliphatic rings. The van der Waals surface area contributed by atoms with Crippen molar-refractivity contribution in [1.82, 2.24) is 14.9 Å². The number of sulfonamides is 1. The molecule has 0 unspecified atom stereocenters. The van der Waals surface area contributed by atoms with Gasteiger partial charge in [0.1, 0.15) is 0 Å². The minimum Gasteiger partial charge on any atom is -0.368 e. The molecule has 1 heterocycles. The maximum Gasteiger partial charge on any atom is 0.416 e. The van der Waals surface area contributed by atoms with Crippen molar-refractivity contribution in [3.8, 4) is 0 Å². The van der Waals surface area contributed by atoms with Gasteiger partial charge in [0.2, 0.25) is 10.0 Å². The topological polar surface area (TPSA) is 77.0 Å². The Balaban J connectivity index is 0.00000420. The Labute approximate surface area is 186 Å². The van der Waals surface area contributed by atoms with E-state index in [9.17, 15) is 21.6 Å². The lowest BCUT2D eigenvalue weighted by molar-refractivity contribution is -0.137. The number of alkyl halides is 3. The fourth-order valence-electron chi connectivity index (χ4n) is 2.87. The first-order valence-electron chi connectivity index (χ1n) is 9.01. The molecule has 166 valence electrons. The second-order valence-corrected chi connectivity index (χ2v) is 8.39. The monoisotopic (exact) mass is 549 g/mol. The van der Waals surface area contributed by atoms with Gasteiger partial charge in [-0.2, -0.15) is 13.2 Å². The first-order valence-corrected chi connectivity index (χ1v) is 10.7. The van der Waals surface area contributed by atoms with Crippen LogP contribution in [0.15, 0.2) is 29.3 Å². The summed E-state index contributed by atoms with van der Waals surface area (Å²) in [5.74, 6) is 0.665. The summed E-state index contributed by atoms with van der Waals surface area (Å²) >= 11 is 0. The maximum atomic E-state index is 12.9. The number of anilines is 1. The lowest BCUT2D eigenvalue weighted by Gasteiger charge is -2.37. The van der Waals surface area contributed by atoms with E-state index in [4.69, 9.17) is 0 Å². The molecule has 1 aromatic carbocycles. The molecular weight excluding hydrogens is 522 g/mol. The molecule has 2 N–H and O–H groups in total. The minimum atomic E-state index is -4.36. The minimum absolute atomic E-state index is 0. The average molecular weight is 549 g/mol. The van der Waals surface area contributed by atoms with Crippen molar-refractivity contribution >= 4 is 45.6 Å². The lowest BCUT2D eigenvalue weighted by Crippen LogP contribution is -2.53. The van der Waals surface area contributed by atoms with Crippen LogP contribution in [-0.2, 0) is 16.2 Å². The number of guanidine groups is 1. The van der Waals surface area contributed by atoms with Gasteiger partial charge in [-0.1, -0.05) is 6.07 Å². The number of benzene rings is 1. The number of halogens is 4. The van der Waals surface area contributed by atoms with Gasteiger partial charge in [-0.25, -0.2) is 13.1 Å². The third-order valence-corrected chi connectivity index (χ3v) is 5.84. The highest BCUT2D eigenvalue weighted by Crippen LogP contribution is 2.31. The van der Waals surface area contributed by atoms with Crippen molar-refractivity contribution < 1.29 is 21.6 Å². The molecule has 0 aromatic heterocycles. The number of aliphatic imine (C=N–C) groups is 1. The van der Waals surface area contributed by atoms with E-state index in [2.05, 4.69) is 15.0 Å². The van der Waals surface area contributed by atoms with Crippen molar-refractivity contribution in [3.63, 3.8) is 0 Å². The van der Waals surface area contributed by atoms with E-state index in [0.29, 0.717) is 44.4 Å². The van der Waals surface area contributed by atoms with Crippen molar-refractivity contribution in [2.24, 2.45) is 4.99 Å². The van der Waals surface area contributed by atoms with Gasteiger partial charge in [0, 0.05) is 52.0 Å². The van der Waals surface area contributed by atoms with Crippen LogP contribution < -0.4 is 14.9 Å². The highest BCUT2D eigenvalue weighted by molar-refractivity contribution is 14.0. The predicted octanol–water partition coefficient (Wildman–Crippen LogP) is 1.96. The van der Waals surface area contributed by atoms with E-state index in [-0.39, 0.29) is 36.3 Å². The van der Waals surface area contributed by atoms with Crippen molar-refractivity contribution in [1.29, 1.82) is 0 Å². The number of rotatable bonds is 6. The number of nitrogens with zero attached hydrogens (tertiary/aromatic N) is 3. The second kappa shape index (κ2) is 11.2. The molecule has 0 saturated carbocycles. The van der Waals surface area contributed by atoms with Crippen LogP contribution in [0.5, 0.6) is 0 Å². The third kappa shape index (κ3) is 7.81. The second-order valence-electron chi connectivity index (χ2n) is 6.29. The Hall–Kier alpha value is -1.28. The molecule has 2 rings (SSSR count). The van der Waals surface area contributed by atoms with Gasteiger partial charge in [-0.05, 0) is 25.1 Å². The fourth-order valence-corrected chi connectivity index (χ4v) is 3.49. The van der Waals surface area contributed by atoms with Crippen LogP contribution in [0.2, 0.25) is 0 Å². The van der Waals surface area contributed by atoms with Crippen LogP contribution in [0, 0.1) is 0 Å². The molecule has 1 aromatic rings. The molecule has 0 amide bonds. The summed E-state index contributed by atoms with van der Waals surface area (Å²) < 4.78 is 64.0. The molecule has 1 fully saturated rings. The maximum absolute atomic E-state index is 12.9. The van der Waals surface area contributed by atoms with Gasteiger partial charge < -0.3 is 15.1 Å². The zero-order valence-corrected chi connectivity index (χ0v) is 19.5. The van der Waals surface area contributed by atoms with E-state index in [0.717, 1.165) is 6.07 Å². The van der Waals surface area contributed by atoms with Gasteiger partial charge >= 0.3 is 6.18 Å². The molecule has 7 nitrogen and oxygen atoms in total. The number of piperazine rings is 1. The average Bonchev–Trinajstić information content (AvgIpc) is 2.68. The quantitative estimate of drug-likeness (QED) is 0.246. The molecule has 0 atom stereocenters. The summed E-state index contributed by atoms with van der Waals surface area (Å²) in [6.45, 7) is 4.51. The molecule has 12 heteroatoms. The summed E-state index contributed by atoms with van der Waals surface area (Å²) in [6, 6.07) is 5.33. The van der Waals surface area contributed by atoms with Crippen molar-refractivity contribution in [2.75, 3.05) is 57.0 Å². The SMILES string of the molecule is CCS(=O)(=O)NCCNC(=NC)N1CCN(c2cccc(C(F)(F)F)c2)CC1.I. The summed E-state index contributed by atoms with van der Waals surface area (Å²) in [4.78, 5) is 8.11. The molecule has 1 saturated heterocycles. The predicted molar refractivity (Wildman–Crippen MR) is 119 cm³/mol. The number of hydrogen-bond donors (Lipinski definition) is 2. The van der Waals surface area contributed by atoms with Crippen LogP contribution in [0.4, 0.5) is 18.9 Å². The smallest absolute Gasteiger partial charge is 0.368 e. The van der Waals surface area contributed by atoms with Crippen LogP contribution in [0.1, 0.15) is 12.5 Å². The van der Waals surface area contributed by atoms with Gasteiger partial charge in [0.05, 0.1) is 11.3 Å². The largest absolute Gasteiger partial charge is 0.416 e. The molecular formula is C17H27F3IN5O2S. The first kappa shape index (κ1) is 25.8. The Kier molecular flexibility index (Phi) is 9.95. The zero-order valence-electron chi connectivity index (χ0n) is 16.4. The number of nitrogens with one attached hydrogen (secondary N) is 2. The van der Waals surface area contributed by atoms with Crippen LogP contribution >= 0.6 is 24.0 Å². The first-order chi connectivity index (χ1) is 13.2. The van der Waals surface area contributed by atoms with E-state index in [1.807, 2.05) is 9.80 Å². The summed E-state index contributed by atoms with van der Waals surface area (Å²) in [5, 5.41) is 3.10. The zero-order chi connectivity index (χ0) is 20.8. The van der Waals surface area contributed by atoms with Crippen LogP contribution in [0.25, 0.3) is 0 Å². The van der Waals surface area contributed by atoms with Crippen LogP contribution in [0.3, 0.4) is 0 Å². The Bertz CT molecular complexity index is 782. The Morgan fingerprint density at radius 3 is 2.38 bits per heavy atom. The van der Waals surface area contributed by atoms with Gasteiger partial charge in [-0.3, -0.25) is 4.99 Å². The van der Waals surface area contributed by atoms with Crippen LogP contribution in [-0.4, -0.2) is 71.3 Å². The van der Waals surface area contributed by atoms with E-state index >= 15 is 0 Å². The highest BCUT2D eigenvalue weighted by atomic mass is 127.